The highest BCUT2D eigenvalue weighted by Gasteiger charge is 2.07. The van der Waals surface area contributed by atoms with Crippen molar-refractivity contribution in [3.05, 3.63) is 46.0 Å². The normalized spacial score (nSPS) is 11.4. The largest absolute Gasteiger partial charge is 0.398 e. The van der Waals surface area contributed by atoms with Crippen LogP contribution in [0.4, 0.5) is 5.69 Å². The zero-order valence-electron chi connectivity index (χ0n) is 9.30. The lowest BCUT2D eigenvalue weighted by Crippen LogP contribution is -2.11. The Balaban J connectivity index is 2.43. The molecule has 0 aromatic heterocycles. The molecule has 2 aromatic carbocycles. The minimum absolute atomic E-state index is 0.102. The number of rotatable bonds is 2. The van der Waals surface area contributed by atoms with E-state index in [1.165, 1.54) is 12.1 Å². The number of primary sulfonamides is 1. The molecule has 94 valence electrons. The summed E-state index contributed by atoms with van der Waals surface area (Å²) in [5.41, 5.74) is 8.36. The van der Waals surface area contributed by atoms with Crippen LogP contribution in [0, 0.1) is 3.57 Å². The predicted molar refractivity (Wildman–Crippen MR) is 80.4 cm³/mol. The van der Waals surface area contributed by atoms with Crippen LogP contribution in [0.15, 0.2) is 47.4 Å². The number of sulfonamides is 1. The molecule has 0 amide bonds. The third-order valence-corrected chi connectivity index (χ3v) is 4.42. The summed E-state index contributed by atoms with van der Waals surface area (Å²) in [4.78, 5) is 0.102. The van der Waals surface area contributed by atoms with Gasteiger partial charge in [-0.1, -0.05) is 18.2 Å². The molecule has 2 rings (SSSR count). The lowest BCUT2D eigenvalue weighted by atomic mass is 10.1. The van der Waals surface area contributed by atoms with Crippen LogP contribution in [0.2, 0.25) is 0 Å². The van der Waals surface area contributed by atoms with Crippen LogP contribution in [0.3, 0.4) is 0 Å². The Bertz CT molecular complexity index is 682. The first-order valence-electron chi connectivity index (χ1n) is 5.06. The second kappa shape index (κ2) is 4.87. The van der Waals surface area contributed by atoms with Gasteiger partial charge in [0.25, 0.3) is 0 Å². The third-order valence-electron chi connectivity index (χ3n) is 2.51. The molecule has 4 N–H and O–H groups in total. The second-order valence-electron chi connectivity index (χ2n) is 3.81. The predicted octanol–water partition coefficient (Wildman–Crippen LogP) is 2.19. The van der Waals surface area contributed by atoms with Gasteiger partial charge in [-0.15, -0.1) is 0 Å². The fourth-order valence-electron chi connectivity index (χ4n) is 1.56. The summed E-state index contributed by atoms with van der Waals surface area (Å²) in [7, 11) is -3.64. The standard InChI is InChI=1S/C12H11IN2O2S/c13-11-6-3-9(7-12(11)14)8-1-4-10(5-2-8)18(15,16)17/h1-7H,14H2,(H2,15,16,17). The highest BCUT2D eigenvalue weighted by atomic mass is 127. The Morgan fingerprint density at radius 1 is 0.944 bits per heavy atom. The van der Waals surface area contributed by atoms with Crippen molar-refractivity contribution in [2.24, 2.45) is 5.14 Å². The quantitative estimate of drug-likeness (QED) is 0.624. The molecule has 0 atom stereocenters. The van der Waals surface area contributed by atoms with E-state index < -0.39 is 10.0 Å². The molecule has 4 nitrogen and oxygen atoms in total. The number of halogens is 1. The van der Waals surface area contributed by atoms with Gasteiger partial charge in [0.05, 0.1) is 4.90 Å². The highest BCUT2D eigenvalue weighted by molar-refractivity contribution is 14.1. The number of benzene rings is 2. The Labute approximate surface area is 119 Å². The van der Waals surface area contributed by atoms with Gasteiger partial charge in [0, 0.05) is 9.26 Å². The van der Waals surface area contributed by atoms with E-state index in [1.54, 1.807) is 12.1 Å². The maximum atomic E-state index is 11.1. The first-order chi connectivity index (χ1) is 8.38. The van der Waals surface area contributed by atoms with Crippen molar-refractivity contribution >= 4 is 38.3 Å². The van der Waals surface area contributed by atoms with Crippen LogP contribution >= 0.6 is 22.6 Å². The molecule has 0 saturated heterocycles. The SMILES string of the molecule is Nc1cc(-c2ccc(S(N)(=O)=O)cc2)ccc1I. The van der Waals surface area contributed by atoms with Crippen LogP contribution in [-0.4, -0.2) is 8.42 Å². The van der Waals surface area contributed by atoms with E-state index in [1.807, 2.05) is 18.2 Å². The molecule has 0 aliphatic heterocycles. The smallest absolute Gasteiger partial charge is 0.238 e. The highest BCUT2D eigenvalue weighted by Crippen LogP contribution is 2.25. The average Bonchev–Trinajstić information content (AvgIpc) is 2.32. The van der Waals surface area contributed by atoms with Crippen LogP contribution < -0.4 is 10.9 Å². The van der Waals surface area contributed by atoms with Crippen LogP contribution in [-0.2, 0) is 10.0 Å². The number of nitrogen functional groups attached to an aromatic ring is 1. The molecule has 0 saturated carbocycles. The molecule has 0 aliphatic rings. The van der Waals surface area contributed by atoms with Crippen molar-refractivity contribution in [3.8, 4) is 11.1 Å². The maximum Gasteiger partial charge on any atom is 0.238 e. The summed E-state index contributed by atoms with van der Waals surface area (Å²) in [5, 5.41) is 5.04. The summed E-state index contributed by atoms with van der Waals surface area (Å²) in [6, 6.07) is 12.1. The monoisotopic (exact) mass is 374 g/mol. The van der Waals surface area contributed by atoms with E-state index in [2.05, 4.69) is 22.6 Å². The fraction of sp³-hybridized carbons (Fsp3) is 0. The van der Waals surface area contributed by atoms with Gasteiger partial charge in [0.1, 0.15) is 0 Å². The zero-order valence-corrected chi connectivity index (χ0v) is 12.3. The van der Waals surface area contributed by atoms with E-state index in [9.17, 15) is 8.42 Å². The summed E-state index contributed by atoms with van der Waals surface area (Å²) < 4.78 is 23.3. The van der Waals surface area contributed by atoms with Crippen molar-refractivity contribution in [3.63, 3.8) is 0 Å². The summed E-state index contributed by atoms with van der Waals surface area (Å²) in [5.74, 6) is 0. The molecule has 6 heteroatoms. The van der Waals surface area contributed by atoms with Gasteiger partial charge in [0.2, 0.25) is 10.0 Å². The van der Waals surface area contributed by atoms with E-state index >= 15 is 0 Å². The summed E-state index contributed by atoms with van der Waals surface area (Å²) in [6.45, 7) is 0. The second-order valence-corrected chi connectivity index (χ2v) is 6.53. The maximum absolute atomic E-state index is 11.1. The molecule has 0 unspecified atom stereocenters. The molecule has 0 radical (unpaired) electrons. The van der Waals surface area contributed by atoms with Gasteiger partial charge in [-0.3, -0.25) is 0 Å². The first kappa shape index (κ1) is 13.3. The van der Waals surface area contributed by atoms with Gasteiger partial charge in [-0.2, -0.15) is 0 Å². The molecular formula is C12H11IN2O2S. The minimum atomic E-state index is -3.64. The molecule has 0 heterocycles. The molecule has 0 fully saturated rings. The van der Waals surface area contributed by atoms with Gasteiger partial charge in [0.15, 0.2) is 0 Å². The Morgan fingerprint density at radius 3 is 2.00 bits per heavy atom. The van der Waals surface area contributed by atoms with E-state index in [0.29, 0.717) is 5.69 Å². The Hall–Kier alpha value is -1.12. The van der Waals surface area contributed by atoms with Gasteiger partial charge in [-0.05, 0) is 58.0 Å². The van der Waals surface area contributed by atoms with Crippen molar-refractivity contribution in [2.45, 2.75) is 4.90 Å². The number of hydrogen-bond acceptors (Lipinski definition) is 3. The Kier molecular flexibility index (Phi) is 3.60. The number of hydrogen-bond donors (Lipinski definition) is 2. The lowest BCUT2D eigenvalue weighted by Gasteiger charge is -2.05. The number of anilines is 1. The average molecular weight is 374 g/mol. The summed E-state index contributed by atoms with van der Waals surface area (Å²) >= 11 is 2.16. The Morgan fingerprint density at radius 2 is 1.50 bits per heavy atom. The molecule has 0 spiro atoms. The van der Waals surface area contributed by atoms with Crippen molar-refractivity contribution in [1.82, 2.24) is 0 Å². The van der Waals surface area contributed by atoms with E-state index in [0.717, 1.165) is 14.7 Å². The minimum Gasteiger partial charge on any atom is -0.398 e. The molecular weight excluding hydrogens is 363 g/mol. The molecule has 0 aliphatic carbocycles. The van der Waals surface area contributed by atoms with Crippen molar-refractivity contribution < 1.29 is 8.42 Å². The van der Waals surface area contributed by atoms with Crippen LogP contribution in [0.1, 0.15) is 0 Å². The van der Waals surface area contributed by atoms with Crippen LogP contribution in [0.5, 0.6) is 0 Å². The third kappa shape index (κ3) is 2.82. The molecule has 2 aromatic rings. The van der Waals surface area contributed by atoms with E-state index in [-0.39, 0.29) is 4.90 Å². The van der Waals surface area contributed by atoms with Gasteiger partial charge < -0.3 is 5.73 Å². The lowest BCUT2D eigenvalue weighted by molar-refractivity contribution is 0.598. The number of nitrogens with two attached hydrogens (primary N) is 2. The van der Waals surface area contributed by atoms with Gasteiger partial charge in [-0.25, -0.2) is 13.6 Å². The van der Waals surface area contributed by atoms with Crippen LogP contribution in [0.25, 0.3) is 11.1 Å². The first-order valence-corrected chi connectivity index (χ1v) is 7.69. The van der Waals surface area contributed by atoms with Gasteiger partial charge >= 0.3 is 0 Å². The zero-order chi connectivity index (χ0) is 13.3. The van der Waals surface area contributed by atoms with Crippen molar-refractivity contribution in [1.29, 1.82) is 0 Å². The van der Waals surface area contributed by atoms with Crippen molar-refractivity contribution in [2.75, 3.05) is 5.73 Å². The molecule has 0 bridgehead atoms. The topological polar surface area (TPSA) is 86.2 Å². The summed E-state index contributed by atoms with van der Waals surface area (Å²) in [6.07, 6.45) is 0. The van der Waals surface area contributed by atoms with E-state index in [4.69, 9.17) is 10.9 Å². The fourth-order valence-corrected chi connectivity index (χ4v) is 2.41. The molecule has 18 heavy (non-hydrogen) atoms.